The molecular formula is C14H11Br2F2NO. The van der Waals surface area contributed by atoms with Gasteiger partial charge in [0.1, 0.15) is 11.6 Å². The van der Waals surface area contributed by atoms with Crippen molar-refractivity contribution in [3.05, 3.63) is 62.5 Å². The Balaban J connectivity index is 2.09. The first-order valence-corrected chi connectivity index (χ1v) is 7.38. The SMILES string of the molecule is OC(CNc1c(F)cc(F)cc1Br)c1cccc(Br)c1. The van der Waals surface area contributed by atoms with E-state index < -0.39 is 17.7 Å². The minimum atomic E-state index is -0.802. The highest BCUT2D eigenvalue weighted by Gasteiger charge is 2.12. The van der Waals surface area contributed by atoms with Gasteiger partial charge in [-0.2, -0.15) is 0 Å². The molecule has 0 aromatic heterocycles. The maximum absolute atomic E-state index is 13.6. The van der Waals surface area contributed by atoms with Crippen LogP contribution in [-0.4, -0.2) is 11.7 Å². The van der Waals surface area contributed by atoms with E-state index in [0.717, 1.165) is 16.6 Å². The quantitative estimate of drug-likeness (QED) is 0.775. The third kappa shape index (κ3) is 3.77. The molecule has 0 aliphatic carbocycles. The van der Waals surface area contributed by atoms with Gasteiger partial charge in [-0.05, 0) is 39.7 Å². The van der Waals surface area contributed by atoms with Gasteiger partial charge >= 0.3 is 0 Å². The van der Waals surface area contributed by atoms with Crippen LogP contribution in [-0.2, 0) is 0 Å². The lowest BCUT2D eigenvalue weighted by Gasteiger charge is -2.15. The van der Waals surface area contributed by atoms with Crippen molar-refractivity contribution in [1.82, 2.24) is 0 Å². The Morgan fingerprint density at radius 1 is 1.15 bits per heavy atom. The normalized spacial score (nSPS) is 12.2. The van der Waals surface area contributed by atoms with Crippen molar-refractivity contribution >= 4 is 37.5 Å². The molecule has 0 aliphatic rings. The minimum absolute atomic E-state index is 0.109. The maximum Gasteiger partial charge on any atom is 0.150 e. The number of aliphatic hydroxyl groups is 1. The van der Waals surface area contributed by atoms with Crippen LogP contribution < -0.4 is 5.32 Å². The van der Waals surface area contributed by atoms with Gasteiger partial charge in [-0.3, -0.25) is 0 Å². The molecule has 6 heteroatoms. The highest BCUT2D eigenvalue weighted by Crippen LogP contribution is 2.27. The van der Waals surface area contributed by atoms with Gasteiger partial charge in [-0.1, -0.05) is 28.1 Å². The predicted molar refractivity (Wildman–Crippen MR) is 81.6 cm³/mol. The molecule has 1 unspecified atom stereocenters. The lowest BCUT2D eigenvalue weighted by atomic mass is 10.1. The number of aliphatic hydroxyl groups excluding tert-OH is 1. The molecular weight excluding hydrogens is 396 g/mol. The molecule has 0 spiro atoms. The number of benzene rings is 2. The summed E-state index contributed by atoms with van der Waals surface area (Å²) in [5.41, 5.74) is 0.825. The number of rotatable bonds is 4. The van der Waals surface area contributed by atoms with E-state index >= 15 is 0 Å². The van der Waals surface area contributed by atoms with E-state index in [-0.39, 0.29) is 16.7 Å². The Kier molecular flexibility index (Phi) is 5.12. The zero-order chi connectivity index (χ0) is 14.7. The molecule has 0 saturated heterocycles. The summed E-state index contributed by atoms with van der Waals surface area (Å²) in [7, 11) is 0. The van der Waals surface area contributed by atoms with Crippen LogP contribution in [0.2, 0.25) is 0 Å². The molecule has 106 valence electrons. The Bertz CT molecular complexity index is 599. The van der Waals surface area contributed by atoms with Gasteiger partial charge in [0.25, 0.3) is 0 Å². The highest BCUT2D eigenvalue weighted by molar-refractivity contribution is 9.10. The molecule has 20 heavy (non-hydrogen) atoms. The molecule has 2 nitrogen and oxygen atoms in total. The standard InChI is InChI=1S/C14H11Br2F2NO/c15-9-3-1-2-8(4-9)13(20)7-19-14-11(16)5-10(17)6-12(14)18/h1-6,13,19-20H,7H2. The molecule has 0 aliphatic heterocycles. The van der Waals surface area contributed by atoms with Gasteiger partial charge in [0, 0.05) is 21.6 Å². The average molecular weight is 407 g/mol. The van der Waals surface area contributed by atoms with Crippen LogP contribution in [0.3, 0.4) is 0 Å². The van der Waals surface area contributed by atoms with Crippen molar-refractivity contribution in [2.45, 2.75) is 6.10 Å². The average Bonchev–Trinajstić information content (AvgIpc) is 2.37. The first kappa shape index (κ1) is 15.4. The van der Waals surface area contributed by atoms with Gasteiger partial charge < -0.3 is 10.4 Å². The fourth-order valence-corrected chi connectivity index (χ4v) is 2.71. The van der Waals surface area contributed by atoms with E-state index in [9.17, 15) is 13.9 Å². The maximum atomic E-state index is 13.6. The van der Waals surface area contributed by atoms with Crippen LogP contribution in [0.1, 0.15) is 11.7 Å². The van der Waals surface area contributed by atoms with Gasteiger partial charge in [-0.25, -0.2) is 8.78 Å². The second kappa shape index (κ2) is 6.65. The van der Waals surface area contributed by atoms with E-state index in [0.29, 0.717) is 5.56 Å². The lowest BCUT2D eigenvalue weighted by molar-refractivity contribution is 0.191. The van der Waals surface area contributed by atoms with E-state index in [1.807, 2.05) is 6.07 Å². The van der Waals surface area contributed by atoms with Crippen molar-refractivity contribution in [3.63, 3.8) is 0 Å². The van der Waals surface area contributed by atoms with Crippen molar-refractivity contribution in [3.8, 4) is 0 Å². The zero-order valence-electron chi connectivity index (χ0n) is 10.2. The molecule has 0 radical (unpaired) electrons. The van der Waals surface area contributed by atoms with Crippen LogP contribution in [0.25, 0.3) is 0 Å². The summed E-state index contributed by atoms with van der Waals surface area (Å²) in [5, 5.41) is 12.8. The van der Waals surface area contributed by atoms with Crippen molar-refractivity contribution in [2.24, 2.45) is 0 Å². The molecule has 2 N–H and O–H groups in total. The minimum Gasteiger partial charge on any atom is -0.387 e. The summed E-state index contributed by atoms with van der Waals surface area (Å²) in [6, 6.07) is 9.15. The molecule has 0 bridgehead atoms. The van der Waals surface area contributed by atoms with E-state index in [4.69, 9.17) is 0 Å². The Morgan fingerprint density at radius 2 is 1.90 bits per heavy atom. The summed E-state index contributed by atoms with van der Waals surface area (Å²) in [6.45, 7) is 0.109. The van der Waals surface area contributed by atoms with Gasteiger partial charge in [0.15, 0.2) is 0 Å². The van der Waals surface area contributed by atoms with Gasteiger partial charge in [-0.15, -0.1) is 0 Å². The van der Waals surface area contributed by atoms with Crippen LogP contribution >= 0.6 is 31.9 Å². The number of nitrogens with one attached hydrogen (secondary N) is 1. The van der Waals surface area contributed by atoms with Crippen LogP contribution in [0.4, 0.5) is 14.5 Å². The van der Waals surface area contributed by atoms with Crippen molar-refractivity contribution in [2.75, 3.05) is 11.9 Å². The molecule has 0 heterocycles. The Hall–Kier alpha value is -0.980. The van der Waals surface area contributed by atoms with E-state index in [2.05, 4.69) is 37.2 Å². The molecule has 2 aromatic rings. The number of halogens is 4. The smallest absolute Gasteiger partial charge is 0.150 e. The van der Waals surface area contributed by atoms with Crippen LogP contribution in [0, 0.1) is 11.6 Å². The third-order valence-electron chi connectivity index (χ3n) is 2.71. The van der Waals surface area contributed by atoms with E-state index in [1.165, 1.54) is 0 Å². The Morgan fingerprint density at radius 3 is 2.55 bits per heavy atom. The fraction of sp³-hybridized carbons (Fsp3) is 0.143. The topological polar surface area (TPSA) is 32.3 Å². The van der Waals surface area contributed by atoms with Crippen LogP contribution in [0.15, 0.2) is 45.3 Å². The number of anilines is 1. The summed E-state index contributed by atoms with van der Waals surface area (Å²) in [4.78, 5) is 0. The zero-order valence-corrected chi connectivity index (χ0v) is 13.4. The first-order chi connectivity index (χ1) is 9.47. The van der Waals surface area contributed by atoms with Crippen molar-refractivity contribution in [1.29, 1.82) is 0 Å². The van der Waals surface area contributed by atoms with Crippen LogP contribution in [0.5, 0.6) is 0 Å². The van der Waals surface area contributed by atoms with Gasteiger partial charge in [0.2, 0.25) is 0 Å². The number of hydrogen-bond acceptors (Lipinski definition) is 2. The monoisotopic (exact) mass is 405 g/mol. The summed E-state index contributed by atoms with van der Waals surface area (Å²) >= 11 is 6.40. The molecule has 2 aromatic carbocycles. The number of hydrogen-bond donors (Lipinski definition) is 2. The largest absolute Gasteiger partial charge is 0.387 e. The van der Waals surface area contributed by atoms with E-state index in [1.54, 1.807) is 18.2 Å². The molecule has 0 saturated carbocycles. The summed E-state index contributed by atoms with van der Waals surface area (Å²) in [6.07, 6.45) is -0.802. The fourth-order valence-electron chi connectivity index (χ4n) is 1.74. The lowest BCUT2D eigenvalue weighted by Crippen LogP contribution is -2.13. The molecule has 0 amide bonds. The summed E-state index contributed by atoms with van der Waals surface area (Å²) in [5.74, 6) is -1.37. The molecule has 0 fully saturated rings. The highest BCUT2D eigenvalue weighted by atomic mass is 79.9. The van der Waals surface area contributed by atoms with Gasteiger partial charge in [0.05, 0.1) is 11.8 Å². The predicted octanol–water partition coefficient (Wildman–Crippen LogP) is 4.64. The first-order valence-electron chi connectivity index (χ1n) is 5.79. The Labute approximate surface area is 132 Å². The molecule has 2 rings (SSSR count). The van der Waals surface area contributed by atoms with Crippen molar-refractivity contribution < 1.29 is 13.9 Å². The summed E-state index contributed by atoms with van der Waals surface area (Å²) < 4.78 is 27.7. The third-order valence-corrected chi connectivity index (χ3v) is 3.83. The second-order valence-electron chi connectivity index (χ2n) is 4.20. The molecule has 1 atom stereocenters. The second-order valence-corrected chi connectivity index (χ2v) is 5.97.